The van der Waals surface area contributed by atoms with Crippen LogP contribution in [-0.2, 0) is 15.0 Å². The smallest absolute Gasteiger partial charge is 0.290 e. The Kier molecular flexibility index (Phi) is 3.42. The van der Waals surface area contributed by atoms with Crippen LogP contribution in [0.1, 0.15) is 12.0 Å². The van der Waals surface area contributed by atoms with Gasteiger partial charge in [-0.3, -0.25) is 19.8 Å². The van der Waals surface area contributed by atoms with E-state index in [-0.39, 0.29) is 5.82 Å². The molecule has 0 spiro atoms. The summed E-state index contributed by atoms with van der Waals surface area (Å²) >= 11 is 0. The first-order valence-corrected chi connectivity index (χ1v) is 6.99. The number of carbonyl (C=O) groups is 1. The van der Waals surface area contributed by atoms with Crippen LogP contribution >= 0.6 is 0 Å². The van der Waals surface area contributed by atoms with E-state index < -0.39 is 45.0 Å². The van der Waals surface area contributed by atoms with Gasteiger partial charge in [0.25, 0.3) is 0 Å². The number of aromatic nitrogens is 1. The molecular formula is C10H10FN3O5S. The first-order valence-electron chi connectivity index (χ1n) is 5.55. The predicted octanol–water partition coefficient (Wildman–Crippen LogP) is 0.703. The van der Waals surface area contributed by atoms with Crippen molar-refractivity contribution in [1.82, 2.24) is 4.98 Å². The van der Waals surface area contributed by atoms with Crippen LogP contribution < -0.4 is 4.90 Å². The molecule has 1 aliphatic heterocycles. The van der Waals surface area contributed by atoms with Gasteiger partial charge in [0.15, 0.2) is 0 Å². The summed E-state index contributed by atoms with van der Waals surface area (Å²) in [5.74, 6) is -0.979. The average Bonchev–Trinajstić information content (AvgIpc) is 2.71. The second kappa shape index (κ2) is 4.78. The fourth-order valence-electron chi connectivity index (χ4n) is 1.96. The highest BCUT2D eigenvalue weighted by molar-refractivity contribution is 7.87. The molecular weight excluding hydrogens is 293 g/mol. The molecule has 1 fully saturated rings. The van der Waals surface area contributed by atoms with Crippen LogP contribution in [0.3, 0.4) is 0 Å². The van der Waals surface area contributed by atoms with Crippen LogP contribution in [0, 0.1) is 17.0 Å². The molecule has 0 bridgehead atoms. The molecule has 2 heterocycles. The topological polar surface area (TPSA) is 110 Å². The van der Waals surface area contributed by atoms with Crippen molar-refractivity contribution in [3.63, 3.8) is 0 Å². The van der Waals surface area contributed by atoms with Gasteiger partial charge in [-0.05, 0) is 12.5 Å². The van der Waals surface area contributed by atoms with Crippen molar-refractivity contribution in [3.8, 4) is 0 Å². The lowest BCUT2D eigenvalue weighted by Crippen LogP contribution is -2.28. The van der Waals surface area contributed by atoms with E-state index in [0.29, 0.717) is 5.56 Å². The molecule has 0 saturated carbocycles. The summed E-state index contributed by atoms with van der Waals surface area (Å²) < 4.78 is 34.6. The van der Waals surface area contributed by atoms with Crippen molar-refractivity contribution in [3.05, 3.63) is 27.9 Å². The third-order valence-electron chi connectivity index (χ3n) is 2.92. The Morgan fingerprint density at radius 1 is 1.55 bits per heavy atom. The highest BCUT2D eigenvalue weighted by Gasteiger charge is 2.41. The third kappa shape index (κ3) is 2.59. The molecule has 1 atom stereocenters. The van der Waals surface area contributed by atoms with E-state index in [1.54, 1.807) is 6.92 Å². The van der Waals surface area contributed by atoms with Gasteiger partial charge < -0.3 is 0 Å². The van der Waals surface area contributed by atoms with Crippen molar-refractivity contribution in [1.29, 1.82) is 0 Å². The maximum absolute atomic E-state index is 12.9. The van der Waals surface area contributed by atoms with Crippen LogP contribution in [0.2, 0.25) is 0 Å². The van der Waals surface area contributed by atoms with Crippen LogP contribution in [-0.4, -0.2) is 36.0 Å². The van der Waals surface area contributed by atoms with Crippen LogP contribution in [0.5, 0.6) is 0 Å². The van der Waals surface area contributed by atoms with Crippen molar-refractivity contribution in [2.24, 2.45) is 0 Å². The molecule has 0 aliphatic carbocycles. The number of rotatable bonds is 3. The summed E-state index contributed by atoms with van der Waals surface area (Å²) in [6, 6.07) is 1.22. The van der Waals surface area contributed by atoms with Crippen molar-refractivity contribution in [2.45, 2.75) is 18.6 Å². The van der Waals surface area contributed by atoms with Gasteiger partial charge in [-0.25, -0.2) is 4.98 Å². The number of aryl methyl sites for hydroxylation is 1. The van der Waals surface area contributed by atoms with Crippen molar-refractivity contribution >= 4 is 27.6 Å². The van der Waals surface area contributed by atoms with Gasteiger partial charge >= 0.3 is 15.9 Å². The molecule has 20 heavy (non-hydrogen) atoms. The number of halogens is 1. The fraction of sp³-hybridized carbons (Fsp3) is 0.400. The summed E-state index contributed by atoms with van der Waals surface area (Å²) in [4.78, 5) is 26.6. The Labute approximate surface area is 113 Å². The van der Waals surface area contributed by atoms with Gasteiger partial charge in [0.05, 0.1) is 4.92 Å². The Morgan fingerprint density at radius 2 is 2.20 bits per heavy atom. The van der Waals surface area contributed by atoms with E-state index in [1.807, 2.05) is 0 Å². The van der Waals surface area contributed by atoms with Crippen molar-refractivity contribution < 1.29 is 22.0 Å². The minimum absolute atomic E-state index is 0.267. The number of nitrogens with zero attached hydrogens (tertiary/aromatic N) is 3. The maximum atomic E-state index is 12.9. The van der Waals surface area contributed by atoms with Crippen molar-refractivity contribution in [2.75, 3.05) is 11.4 Å². The molecule has 0 aromatic carbocycles. The molecule has 10 heteroatoms. The zero-order chi connectivity index (χ0) is 15.1. The number of amides is 1. The number of pyridine rings is 1. The molecule has 0 N–H and O–H groups in total. The maximum Gasteiger partial charge on any atom is 0.312 e. The van der Waals surface area contributed by atoms with Crippen LogP contribution in [0.4, 0.5) is 15.4 Å². The Hall–Kier alpha value is -2.10. The van der Waals surface area contributed by atoms with E-state index in [9.17, 15) is 27.2 Å². The second-order valence-corrected chi connectivity index (χ2v) is 6.04. The molecule has 2 rings (SSSR count). The molecule has 1 amide bonds. The molecule has 0 radical (unpaired) electrons. The molecule has 8 nitrogen and oxygen atoms in total. The van der Waals surface area contributed by atoms with E-state index in [2.05, 4.69) is 4.98 Å². The number of anilines is 1. The zero-order valence-electron chi connectivity index (χ0n) is 10.3. The second-order valence-electron chi connectivity index (χ2n) is 4.42. The van der Waals surface area contributed by atoms with Crippen LogP contribution in [0.25, 0.3) is 0 Å². The van der Waals surface area contributed by atoms with Crippen LogP contribution in [0.15, 0.2) is 12.3 Å². The largest absolute Gasteiger partial charge is 0.312 e. The molecule has 1 saturated heterocycles. The molecule has 108 valence electrons. The van der Waals surface area contributed by atoms with E-state index >= 15 is 0 Å². The SMILES string of the molecule is Cc1cnc(N2CC(S(=O)(=O)F)CC2=O)c([N+](=O)[O-])c1. The first kappa shape index (κ1) is 14.3. The van der Waals surface area contributed by atoms with Gasteiger partial charge in [0, 0.05) is 25.2 Å². The van der Waals surface area contributed by atoms with E-state index in [4.69, 9.17) is 0 Å². The summed E-state index contributed by atoms with van der Waals surface area (Å²) in [5.41, 5.74) is 0.0945. The quantitative estimate of drug-likeness (QED) is 0.462. The Balaban J connectivity index is 2.43. The van der Waals surface area contributed by atoms with Gasteiger partial charge in [0.1, 0.15) is 5.25 Å². The van der Waals surface area contributed by atoms with Gasteiger partial charge in [-0.1, -0.05) is 0 Å². The Morgan fingerprint density at radius 3 is 2.70 bits per heavy atom. The number of hydrogen-bond donors (Lipinski definition) is 0. The lowest BCUT2D eigenvalue weighted by atomic mass is 10.2. The Bertz CT molecular complexity index is 690. The van der Waals surface area contributed by atoms with E-state index in [1.165, 1.54) is 12.3 Å². The van der Waals surface area contributed by atoms with Gasteiger partial charge in [0.2, 0.25) is 11.7 Å². The fourth-order valence-corrected chi connectivity index (χ4v) is 2.63. The summed E-state index contributed by atoms with van der Waals surface area (Å²) in [6.07, 6.45) is 0.762. The highest BCUT2D eigenvalue weighted by atomic mass is 32.3. The molecule has 1 aromatic rings. The predicted molar refractivity (Wildman–Crippen MR) is 66.4 cm³/mol. The summed E-state index contributed by atoms with van der Waals surface area (Å²) in [6.45, 7) is 1.11. The third-order valence-corrected chi connectivity index (χ3v) is 4.04. The molecule has 1 unspecified atom stereocenters. The molecule has 1 aromatic heterocycles. The zero-order valence-corrected chi connectivity index (χ0v) is 11.1. The standard InChI is InChI=1S/C10H10FN3O5S/c1-6-2-8(14(16)17)10(12-4-6)13-5-7(3-9(13)15)20(11,18)19/h2,4,7H,3,5H2,1H3. The highest BCUT2D eigenvalue weighted by Crippen LogP contribution is 2.31. The lowest BCUT2D eigenvalue weighted by molar-refractivity contribution is -0.384. The average molecular weight is 303 g/mol. The summed E-state index contributed by atoms with van der Waals surface area (Å²) in [5, 5.41) is 9.44. The number of hydrogen-bond acceptors (Lipinski definition) is 6. The monoisotopic (exact) mass is 303 g/mol. The summed E-state index contributed by atoms with van der Waals surface area (Å²) in [7, 11) is -4.88. The van der Waals surface area contributed by atoms with Gasteiger partial charge in [-0.2, -0.15) is 8.42 Å². The normalized spacial score (nSPS) is 19.4. The minimum atomic E-state index is -4.88. The molecule has 1 aliphatic rings. The first-order chi connectivity index (χ1) is 9.20. The number of nitro groups is 1. The van der Waals surface area contributed by atoms with Gasteiger partial charge in [-0.15, -0.1) is 3.89 Å². The lowest BCUT2D eigenvalue weighted by Gasteiger charge is -2.14. The minimum Gasteiger partial charge on any atom is -0.290 e. The van der Waals surface area contributed by atoms with E-state index in [0.717, 1.165) is 4.90 Å². The number of carbonyl (C=O) groups excluding carboxylic acids is 1.